The molecule has 0 atom stereocenters. The van der Waals surface area contributed by atoms with Gasteiger partial charge in [0.25, 0.3) is 5.91 Å². The number of hydrogen-bond donors (Lipinski definition) is 1. The minimum absolute atomic E-state index is 0.0256. The van der Waals surface area contributed by atoms with E-state index in [9.17, 15) is 4.79 Å². The Labute approximate surface area is 186 Å². The molecule has 1 saturated carbocycles. The van der Waals surface area contributed by atoms with Gasteiger partial charge in [0.15, 0.2) is 0 Å². The van der Waals surface area contributed by atoms with Crippen LogP contribution in [0.3, 0.4) is 0 Å². The number of aromatic amines is 1. The van der Waals surface area contributed by atoms with E-state index in [1.807, 2.05) is 47.5 Å². The molecular formula is C25H23ClN4O. The maximum absolute atomic E-state index is 13.6. The van der Waals surface area contributed by atoms with Gasteiger partial charge < -0.3 is 9.88 Å². The van der Waals surface area contributed by atoms with E-state index in [0.29, 0.717) is 28.7 Å². The fourth-order valence-corrected chi connectivity index (χ4v) is 4.19. The number of rotatable bonds is 7. The largest absolute Gasteiger partial charge is 0.361 e. The predicted octanol–water partition coefficient (Wildman–Crippen LogP) is 5.37. The molecule has 1 aliphatic carbocycles. The lowest BCUT2D eigenvalue weighted by atomic mass is 10.1. The Morgan fingerprint density at radius 2 is 2.03 bits per heavy atom. The zero-order chi connectivity index (χ0) is 21.2. The number of carbonyl (C=O) groups is 1. The Kier molecular flexibility index (Phi) is 5.43. The first kappa shape index (κ1) is 19.8. The van der Waals surface area contributed by atoms with E-state index in [0.717, 1.165) is 24.0 Å². The summed E-state index contributed by atoms with van der Waals surface area (Å²) in [5, 5.41) is 1.83. The molecule has 1 aliphatic rings. The smallest absolute Gasteiger partial charge is 0.257 e. The third-order valence-corrected chi connectivity index (χ3v) is 6.06. The fraction of sp³-hybridized carbons (Fsp3) is 0.240. The first-order valence-corrected chi connectivity index (χ1v) is 11.0. The summed E-state index contributed by atoms with van der Waals surface area (Å²) in [7, 11) is 0. The van der Waals surface area contributed by atoms with Crippen molar-refractivity contribution in [1.29, 1.82) is 0 Å². The second-order valence-electron chi connectivity index (χ2n) is 8.10. The number of benzene rings is 2. The summed E-state index contributed by atoms with van der Waals surface area (Å²) in [6, 6.07) is 15.7. The van der Waals surface area contributed by atoms with Crippen LogP contribution in [0.1, 0.15) is 28.8 Å². The van der Waals surface area contributed by atoms with Crippen LogP contribution in [0.2, 0.25) is 5.02 Å². The quantitative estimate of drug-likeness (QED) is 0.428. The van der Waals surface area contributed by atoms with Crippen molar-refractivity contribution in [2.75, 3.05) is 13.1 Å². The molecule has 5 nitrogen and oxygen atoms in total. The Balaban J connectivity index is 1.42. The molecule has 0 aliphatic heterocycles. The van der Waals surface area contributed by atoms with Crippen molar-refractivity contribution in [3.63, 3.8) is 0 Å². The van der Waals surface area contributed by atoms with Crippen LogP contribution in [-0.2, 0) is 6.42 Å². The third kappa shape index (κ3) is 4.32. The maximum atomic E-state index is 13.6. The standard InChI is InChI=1S/C25H23ClN4O/c26-20-5-3-4-18(12-20)24-22(14-27-16-29-24)25(31)30(15-17-8-9-17)11-10-19-13-28-23-7-2-1-6-21(19)23/h1-7,12-14,16-17,28H,8-11,15H2. The minimum Gasteiger partial charge on any atom is -0.361 e. The number of nitrogens with zero attached hydrogens (tertiary/aromatic N) is 3. The molecule has 0 bridgehead atoms. The number of halogens is 1. The van der Waals surface area contributed by atoms with Crippen LogP contribution in [0, 0.1) is 5.92 Å². The van der Waals surface area contributed by atoms with Gasteiger partial charge in [0.05, 0.1) is 11.3 Å². The molecule has 0 spiro atoms. The van der Waals surface area contributed by atoms with Gasteiger partial charge in [-0.05, 0) is 48.9 Å². The van der Waals surface area contributed by atoms with E-state index in [4.69, 9.17) is 11.6 Å². The highest BCUT2D eigenvalue weighted by Gasteiger charge is 2.29. The Morgan fingerprint density at radius 3 is 2.87 bits per heavy atom. The van der Waals surface area contributed by atoms with Crippen LogP contribution in [0.5, 0.6) is 0 Å². The van der Waals surface area contributed by atoms with Gasteiger partial charge in [-0.15, -0.1) is 0 Å². The minimum atomic E-state index is -0.0256. The van der Waals surface area contributed by atoms with Crippen LogP contribution in [0.15, 0.2) is 67.3 Å². The van der Waals surface area contributed by atoms with Crippen molar-refractivity contribution in [1.82, 2.24) is 19.9 Å². The van der Waals surface area contributed by atoms with E-state index < -0.39 is 0 Å². The van der Waals surface area contributed by atoms with E-state index in [1.54, 1.807) is 6.20 Å². The molecule has 0 unspecified atom stereocenters. The molecular weight excluding hydrogens is 408 g/mol. The van der Waals surface area contributed by atoms with E-state index in [-0.39, 0.29) is 5.91 Å². The maximum Gasteiger partial charge on any atom is 0.257 e. The molecule has 5 rings (SSSR count). The first-order chi connectivity index (χ1) is 15.2. The van der Waals surface area contributed by atoms with E-state index in [1.165, 1.54) is 30.1 Å². The lowest BCUT2D eigenvalue weighted by Gasteiger charge is -2.23. The molecule has 4 aromatic rings. The number of carbonyl (C=O) groups excluding carboxylic acids is 1. The van der Waals surface area contributed by atoms with Gasteiger partial charge in [-0.25, -0.2) is 9.97 Å². The molecule has 31 heavy (non-hydrogen) atoms. The third-order valence-electron chi connectivity index (χ3n) is 5.83. The zero-order valence-electron chi connectivity index (χ0n) is 17.1. The van der Waals surface area contributed by atoms with Gasteiger partial charge in [-0.1, -0.05) is 41.9 Å². The van der Waals surface area contributed by atoms with Crippen molar-refractivity contribution in [3.8, 4) is 11.3 Å². The van der Waals surface area contributed by atoms with Crippen LogP contribution in [-0.4, -0.2) is 38.8 Å². The number of aromatic nitrogens is 3. The van der Waals surface area contributed by atoms with E-state index in [2.05, 4.69) is 27.1 Å². The summed E-state index contributed by atoms with van der Waals surface area (Å²) in [6.45, 7) is 1.42. The van der Waals surface area contributed by atoms with Gasteiger partial charge in [0, 0.05) is 47.0 Å². The highest BCUT2D eigenvalue weighted by atomic mass is 35.5. The number of para-hydroxylation sites is 1. The van der Waals surface area contributed by atoms with Gasteiger partial charge in [0.1, 0.15) is 6.33 Å². The Morgan fingerprint density at radius 1 is 1.16 bits per heavy atom. The summed E-state index contributed by atoms with van der Waals surface area (Å²) >= 11 is 6.18. The number of hydrogen-bond acceptors (Lipinski definition) is 3. The summed E-state index contributed by atoms with van der Waals surface area (Å²) in [5.41, 5.74) is 4.31. The fourth-order valence-electron chi connectivity index (χ4n) is 4.00. The molecule has 6 heteroatoms. The molecule has 2 aromatic carbocycles. The van der Waals surface area contributed by atoms with Crippen molar-refractivity contribution in [2.45, 2.75) is 19.3 Å². The van der Waals surface area contributed by atoms with E-state index >= 15 is 0 Å². The topological polar surface area (TPSA) is 61.9 Å². The Hall–Kier alpha value is -3.18. The Bertz CT molecular complexity index is 1230. The average Bonchev–Trinajstić information content (AvgIpc) is 3.53. The van der Waals surface area contributed by atoms with Crippen molar-refractivity contribution in [3.05, 3.63) is 83.4 Å². The van der Waals surface area contributed by atoms with Crippen molar-refractivity contribution in [2.24, 2.45) is 5.92 Å². The monoisotopic (exact) mass is 430 g/mol. The van der Waals surface area contributed by atoms with Crippen molar-refractivity contribution >= 4 is 28.4 Å². The zero-order valence-corrected chi connectivity index (χ0v) is 17.8. The summed E-state index contributed by atoms with van der Waals surface area (Å²) in [6.07, 6.45) is 8.31. The lowest BCUT2D eigenvalue weighted by Crippen LogP contribution is -2.35. The molecule has 0 radical (unpaired) electrons. The van der Waals surface area contributed by atoms with Gasteiger partial charge in [0.2, 0.25) is 0 Å². The molecule has 2 heterocycles. The van der Waals surface area contributed by atoms with Crippen LogP contribution < -0.4 is 0 Å². The average molecular weight is 431 g/mol. The van der Waals surface area contributed by atoms with Gasteiger partial charge >= 0.3 is 0 Å². The number of fused-ring (bicyclic) bond motifs is 1. The van der Waals surface area contributed by atoms with Crippen molar-refractivity contribution < 1.29 is 4.79 Å². The first-order valence-electron chi connectivity index (χ1n) is 10.6. The predicted molar refractivity (Wildman–Crippen MR) is 123 cm³/mol. The second kappa shape index (κ2) is 8.52. The SMILES string of the molecule is O=C(c1cncnc1-c1cccc(Cl)c1)N(CCc1c[nH]c2ccccc12)CC1CC1. The van der Waals surface area contributed by atoms with Crippen LogP contribution in [0.25, 0.3) is 22.2 Å². The molecule has 2 aromatic heterocycles. The number of nitrogens with one attached hydrogen (secondary N) is 1. The summed E-state index contributed by atoms with van der Waals surface area (Å²) in [4.78, 5) is 27.5. The highest BCUT2D eigenvalue weighted by molar-refractivity contribution is 6.30. The summed E-state index contributed by atoms with van der Waals surface area (Å²) in [5.74, 6) is 0.563. The second-order valence-corrected chi connectivity index (χ2v) is 8.54. The molecule has 1 N–H and O–H groups in total. The highest BCUT2D eigenvalue weighted by Crippen LogP contribution is 2.31. The summed E-state index contributed by atoms with van der Waals surface area (Å²) < 4.78 is 0. The normalized spacial score (nSPS) is 13.5. The molecule has 1 fully saturated rings. The molecule has 156 valence electrons. The molecule has 1 amide bonds. The van der Waals surface area contributed by atoms with Crippen LogP contribution >= 0.6 is 11.6 Å². The number of amides is 1. The van der Waals surface area contributed by atoms with Gasteiger partial charge in [-0.2, -0.15) is 0 Å². The van der Waals surface area contributed by atoms with Crippen LogP contribution in [0.4, 0.5) is 0 Å². The lowest BCUT2D eigenvalue weighted by molar-refractivity contribution is 0.0749. The number of H-pyrrole nitrogens is 1. The molecule has 0 saturated heterocycles. The van der Waals surface area contributed by atoms with Gasteiger partial charge in [-0.3, -0.25) is 4.79 Å².